The molecule has 0 aromatic carbocycles. The minimum atomic E-state index is 0.100. The van der Waals surface area contributed by atoms with E-state index in [9.17, 15) is 0 Å². The van der Waals surface area contributed by atoms with Crippen molar-refractivity contribution in [3.05, 3.63) is 23.5 Å². The van der Waals surface area contributed by atoms with E-state index in [1.54, 1.807) is 12.5 Å². The van der Waals surface area contributed by atoms with Crippen LogP contribution < -0.4 is 10.1 Å². The highest BCUT2D eigenvalue weighted by Gasteiger charge is 2.05. The molecule has 0 spiro atoms. The van der Waals surface area contributed by atoms with Crippen molar-refractivity contribution < 1.29 is 4.74 Å². The van der Waals surface area contributed by atoms with Gasteiger partial charge in [0.2, 0.25) is 11.2 Å². The van der Waals surface area contributed by atoms with Crippen molar-refractivity contribution in [1.29, 1.82) is 0 Å². The normalized spacial score (nSPS) is 10.3. The highest BCUT2D eigenvalue weighted by atomic mass is 35.5. The van der Waals surface area contributed by atoms with E-state index in [0.29, 0.717) is 19.1 Å². The van der Waals surface area contributed by atoms with Crippen molar-refractivity contribution in [3.8, 4) is 6.01 Å². The van der Waals surface area contributed by atoms with Crippen molar-refractivity contribution in [3.63, 3.8) is 0 Å². The quantitative estimate of drug-likeness (QED) is 0.828. The molecule has 0 fully saturated rings. The Morgan fingerprint density at radius 2 is 2.28 bits per heavy atom. The molecule has 2 rings (SSSR count). The fourth-order valence-electron chi connectivity index (χ4n) is 1.22. The molecule has 2 N–H and O–H groups in total. The van der Waals surface area contributed by atoms with Gasteiger partial charge in [0, 0.05) is 6.20 Å². The molecule has 0 aliphatic rings. The van der Waals surface area contributed by atoms with Crippen molar-refractivity contribution in [1.82, 2.24) is 24.9 Å². The maximum atomic E-state index is 5.79. The first kappa shape index (κ1) is 12.6. The lowest BCUT2D eigenvalue weighted by Gasteiger charge is -2.06. The van der Waals surface area contributed by atoms with Gasteiger partial charge in [0.1, 0.15) is 0 Å². The van der Waals surface area contributed by atoms with Crippen LogP contribution in [-0.4, -0.2) is 31.5 Å². The molecule has 0 aliphatic heterocycles. The van der Waals surface area contributed by atoms with E-state index in [1.807, 2.05) is 6.92 Å². The zero-order valence-corrected chi connectivity index (χ0v) is 10.6. The number of H-pyrrole nitrogens is 1. The van der Waals surface area contributed by atoms with Gasteiger partial charge in [-0.05, 0) is 18.0 Å². The fraction of sp³-hybridized carbons (Fsp3) is 0.400. The summed E-state index contributed by atoms with van der Waals surface area (Å²) in [6.07, 6.45) is 4.19. The highest BCUT2D eigenvalue weighted by Crippen LogP contribution is 2.12. The van der Waals surface area contributed by atoms with Gasteiger partial charge in [0.15, 0.2) is 0 Å². The highest BCUT2D eigenvalue weighted by molar-refractivity contribution is 6.28. The van der Waals surface area contributed by atoms with Crippen LogP contribution >= 0.6 is 11.6 Å². The Labute approximate surface area is 109 Å². The van der Waals surface area contributed by atoms with Gasteiger partial charge in [-0.2, -0.15) is 15.0 Å². The van der Waals surface area contributed by atoms with Crippen LogP contribution in [-0.2, 0) is 6.54 Å². The van der Waals surface area contributed by atoms with Crippen LogP contribution in [0.5, 0.6) is 6.01 Å². The molecule has 0 amide bonds. The fourth-order valence-corrected chi connectivity index (χ4v) is 1.38. The first-order chi connectivity index (χ1) is 8.78. The van der Waals surface area contributed by atoms with Gasteiger partial charge in [-0.15, -0.1) is 0 Å². The second-order valence-electron chi connectivity index (χ2n) is 3.49. The van der Waals surface area contributed by atoms with Gasteiger partial charge in [0.25, 0.3) is 0 Å². The molecule has 0 radical (unpaired) electrons. The molecule has 0 atom stereocenters. The summed E-state index contributed by atoms with van der Waals surface area (Å²) in [6, 6.07) is 0.226. The van der Waals surface area contributed by atoms with Crippen LogP contribution in [0.25, 0.3) is 0 Å². The number of nitrogens with zero attached hydrogens (tertiary/aromatic N) is 4. The molecule has 0 unspecified atom stereocenters. The van der Waals surface area contributed by atoms with Crippen LogP contribution in [0.4, 0.5) is 5.95 Å². The SMILES string of the molecule is CCCOc1nc(Cl)nc(NCc2cnc[nH]2)n1. The summed E-state index contributed by atoms with van der Waals surface area (Å²) in [7, 11) is 0. The zero-order valence-electron chi connectivity index (χ0n) is 9.85. The summed E-state index contributed by atoms with van der Waals surface area (Å²) in [6.45, 7) is 3.06. The van der Waals surface area contributed by atoms with Crippen LogP contribution in [0.1, 0.15) is 19.0 Å². The van der Waals surface area contributed by atoms with Gasteiger partial charge >= 0.3 is 6.01 Å². The summed E-state index contributed by atoms with van der Waals surface area (Å²) in [5.74, 6) is 0.371. The summed E-state index contributed by atoms with van der Waals surface area (Å²) in [5, 5.41) is 3.11. The minimum Gasteiger partial charge on any atom is -0.463 e. The maximum Gasteiger partial charge on any atom is 0.322 e. The molecule has 0 saturated heterocycles. The average molecular weight is 269 g/mol. The molecule has 7 nitrogen and oxygen atoms in total. The lowest BCUT2D eigenvalue weighted by Crippen LogP contribution is -2.07. The predicted octanol–water partition coefficient (Wildman–Crippen LogP) is 1.65. The van der Waals surface area contributed by atoms with E-state index >= 15 is 0 Å². The Morgan fingerprint density at radius 1 is 1.39 bits per heavy atom. The van der Waals surface area contributed by atoms with Gasteiger partial charge in [0.05, 0.1) is 25.2 Å². The van der Waals surface area contributed by atoms with Gasteiger partial charge in [-0.3, -0.25) is 0 Å². The van der Waals surface area contributed by atoms with E-state index in [0.717, 1.165) is 12.1 Å². The third-order valence-electron chi connectivity index (χ3n) is 2.01. The maximum absolute atomic E-state index is 5.79. The Balaban J connectivity index is 2.00. The largest absolute Gasteiger partial charge is 0.463 e. The van der Waals surface area contributed by atoms with E-state index in [1.165, 1.54) is 0 Å². The number of rotatable bonds is 6. The van der Waals surface area contributed by atoms with Crippen molar-refractivity contribution in [2.75, 3.05) is 11.9 Å². The molecule has 2 aromatic rings. The van der Waals surface area contributed by atoms with E-state index in [2.05, 4.69) is 30.2 Å². The Morgan fingerprint density at radius 3 is 3.00 bits per heavy atom. The number of hydrogen-bond acceptors (Lipinski definition) is 6. The smallest absolute Gasteiger partial charge is 0.322 e. The van der Waals surface area contributed by atoms with Crippen LogP contribution in [0, 0.1) is 0 Å². The van der Waals surface area contributed by atoms with Gasteiger partial charge < -0.3 is 15.0 Å². The summed E-state index contributed by atoms with van der Waals surface area (Å²) >= 11 is 5.79. The van der Waals surface area contributed by atoms with E-state index < -0.39 is 0 Å². The lowest BCUT2D eigenvalue weighted by molar-refractivity contribution is 0.291. The third-order valence-corrected chi connectivity index (χ3v) is 2.18. The van der Waals surface area contributed by atoms with Crippen LogP contribution in [0.2, 0.25) is 5.28 Å². The van der Waals surface area contributed by atoms with Crippen molar-refractivity contribution in [2.24, 2.45) is 0 Å². The Kier molecular flexibility index (Phi) is 4.30. The van der Waals surface area contributed by atoms with Crippen molar-refractivity contribution in [2.45, 2.75) is 19.9 Å². The number of imidazole rings is 1. The number of halogens is 1. The molecular weight excluding hydrogens is 256 g/mol. The molecule has 2 aromatic heterocycles. The third kappa shape index (κ3) is 3.56. The van der Waals surface area contributed by atoms with E-state index in [4.69, 9.17) is 16.3 Å². The summed E-state index contributed by atoms with van der Waals surface area (Å²) in [4.78, 5) is 18.8. The molecule has 0 bridgehead atoms. The molecule has 18 heavy (non-hydrogen) atoms. The molecule has 96 valence electrons. The Bertz CT molecular complexity index is 489. The lowest BCUT2D eigenvalue weighted by atomic mass is 10.5. The number of nitrogens with one attached hydrogen (secondary N) is 2. The molecule has 8 heteroatoms. The Hall–Kier alpha value is -1.89. The van der Waals surface area contributed by atoms with Crippen LogP contribution in [0.3, 0.4) is 0 Å². The first-order valence-electron chi connectivity index (χ1n) is 5.53. The summed E-state index contributed by atoms with van der Waals surface area (Å²) in [5.41, 5.74) is 0.919. The summed E-state index contributed by atoms with van der Waals surface area (Å²) < 4.78 is 5.31. The van der Waals surface area contributed by atoms with Gasteiger partial charge in [-0.1, -0.05) is 6.92 Å². The molecule has 0 aliphatic carbocycles. The number of anilines is 1. The van der Waals surface area contributed by atoms with E-state index in [-0.39, 0.29) is 11.3 Å². The molecule has 0 saturated carbocycles. The number of hydrogen-bond donors (Lipinski definition) is 2. The second-order valence-corrected chi connectivity index (χ2v) is 3.83. The van der Waals surface area contributed by atoms with Gasteiger partial charge in [-0.25, -0.2) is 4.98 Å². The first-order valence-corrected chi connectivity index (χ1v) is 5.91. The second kappa shape index (κ2) is 6.15. The minimum absolute atomic E-state index is 0.100. The average Bonchev–Trinajstić information content (AvgIpc) is 2.86. The predicted molar refractivity (Wildman–Crippen MR) is 66.5 cm³/mol. The molecule has 2 heterocycles. The number of ether oxygens (including phenoxy) is 1. The topological polar surface area (TPSA) is 88.6 Å². The number of aromatic nitrogens is 5. The standard InChI is InChI=1S/C10H13ClN6O/c1-2-3-18-10-16-8(11)15-9(17-10)13-5-7-4-12-6-14-7/h4,6H,2-3,5H2,1H3,(H,12,14)(H,13,15,16,17). The number of aromatic amines is 1. The van der Waals surface area contributed by atoms with Crippen molar-refractivity contribution >= 4 is 17.5 Å². The molecular formula is C10H13ClN6O. The monoisotopic (exact) mass is 268 g/mol. The van der Waals surface area contributed by atoms with Crippen LogP contribution in [0.15, 0.2) is 12.5 Å². The zero-order chi connectivity index (χ0) is 12.8.